The van der Waals surface area contributed by atoms with Crippen molar-refractivity contribution in [1.82, 2.24) is 0 Å². The number of rotatable bonds is 2. The lowest BCUT2D eigenvalue weighted by atomic mass is 10.2. The number of benzene rings is 1. The fourth-order valence-electron chi connectivity index (χ4n) is 0.851. The maximum Gasteiger partial charge on any atom is -0.0339 e. The Hall–Kier alpha value is -1.24. The predicted molar refractivity (Wildman–Crippen MR) is 44.4 cm³/mol. The molecule has 0 N–H and O–H groups in total. The van der Waals surface area contributed by atoms with E-state index in [1.807, 2.05) is 18.2 Å². The second kappa shape index (κ2) is 3.81. The molecule has 0 aliphatic rings. The minimum Gasteiger partial charge on any atom is -0.872 e. The first kappa shape index (κ1) is 7.86. The van der Waals surface area contributed by atoms with Gasteiger partial charge in [0, 0.05) is 0 Å². The minimum absolute atomic E-state index is 0.0561. The SMILES string of the molecule is [CH2]C/C=C(\[O-])c1ccccc1. The molecule has 0 aromatic heterocycles. The number of hydrogen-bond donors (Lipinski definition) is 0. The highest BCUT2D eigenvalue weighted by atomic mass is 16.3. The lowest BCUT2D eigenvalue weighted by Crippen LogP contribution is -2.01. The van der Waals surface area contributed by atoms with Crippen LogP contribution in [0.25, 0.3) is 5.76 Å². The molecule has 0 fully saturated rings. The first-order valence-electron chi connectivity index (χ1n) is 3.56. The Labute approximate surface area is 67.0 Å². The molecule has 0 saturated heterocycles. The van der Waals surface area contributed by atoms with E-state index < -0.39 is 0 Å². The van der Waals surface area contributed by atoms with E-state index in [9.17, 15) is 5.11 Å². The van der Waals surface area contributed by atoms with Gasteiger partial charge in [-0.3, -0.25) is 0 Å². The van der Waals surface area contributed by atoms with E-state index in [1.165, 1.54) is 0 Å². The second-order valence-corrected chi connectivity index (χ2v) is 2.22. The van der Waals surface area contributed by atoms with Gasteiger partial charge < -0.3 is 5.11 Å². The monoisotopic (exact) mass is 146 g/mol. The van der Waals surface area contributed by atoms with Gasteiger partial charge in [0.05, 0.1) is 0 Å². The molecular formula is C10H10O-. The Morgan fingerprint density at radius 2 is 2.00 bits per heavy atom. The van der Waals surface area contributed by atoms with Crippen molar-refractivity contribution in [3.05, 3.63) is 48.9 Å². The van der Waals surface area contributed by atoms with Gasteiger partial charge in [-0.15, -0.1) is 5.76 Å². The third-order valence-corrected chi connectivity index (χ3v) is 1.39. The van der Waals surface area contributed by atoms with Crippen LogP contribution in [0.4, 0.5) is 0 Å². The molecule has 0 bridgehead atoms. The van der Waals surface area contributed by atoms with Crippen LogP contribution in [0.3, 0.4) is 0 Å². The van der Waals surface area contributed by atoms with Crippen LogP contribution < -0.4 is 5.11 Å². The van der Waals surface area contributed by atoms with E-state index in [4.69, 9.17) is 0 Å². The van der Waals surface area contributed by atoms with Crippen LogP contribution in [-0.2, 0) is 0 Å². The summed E-state index contributed by atoms with van der Waals surface area (Å²) >= 11 is 0. The summed E-state index contributed by atoms with van der Waals surface area (Å²) in [6.07, 6.45) is 2.13. The van der Waals surface area contributed by atoms with E-state index in [0.717, 1.165) is 5.56 Å². The average molecular weight is 146 g/mol. The third-order valence-electron chi connectivity index (χ3n) is 1.39. The van der Waals surface area contributed by atoms with Crippen molar-refractivity contribution in [2.75, 3.05) is 0 Å². The van der Waals surface area contributed by atoms with Crippen molar-refractivity contribution in [2.24, 2.45) is 0 Å². The van der Waals surface area contributed by atoms with Gasteiger partial charge in [-0.2, -0.15) is 0 Å². The van der Waals surface area contributed by atoms with Gasteiger partial charge in [-0.25, -0.2) is 0 Å². The molecule has 0 aliphatic heterocycles. The summed E-state index contributed by atoms with van der Waals surface area (Å²) in [5, 5.41) is 11.1. The van der Waals surface area contributed by atoms with Crippen LogP contribution in [0, 0.1) is 6.92 Å². The quantitative estimate of drug-likeness (QED) is 0.581. The summed E-state index contributed by atoms with van der Waals surface area (Å²) in [4.78, 5) is 0. The van der Waals surface area contributed by atoms with Crippen molar-refractivity contribution in [3.8, 4) is 0 Å². The van der Waals surface area contributed by atoms with Crippen LogP contribution in [0.5, 0.6) is 0 Å². The molecule has 0 atom stereocenters. The second-order valence-electron chi connectivity index (χ2n) is 2.22. The molecular weight excluding hydrogens is 136 g/mol. The predicted octanol–water partition coefficient (Wildman–Crippen LogP) is 1.61. The van der Waals surface area contributed by atoms with Gasteiger partial charge in [-0.05, 0) is 18.9 Å². The molecule has 1 aromatic carbocycles. The molecule has 0 heterocycles. The third kappa shape index (κ3) is 2.11. The highest BCUT2D eigenvalue weighted by molar-refractivity contribution is 5.56. The molecule has 57 valence electrons. The molecule has 0 unspecified atom stereocenters. The fraction of sp³-hybridized carbons (Fsp3) is 0.100. The molecule has 1 heteroatoms. The van der Waals surface area contributed by atoms with Crippen LogP contribution in [0.15, 0.2) is 36.4 Å². The molecule has 0 spiro atoms. The lowest BCUT2D eigenvalue weighted by Gasteiger charge is -2.10. The highest BCUT2D eigenvalue weighted by Gasteiger charge is 1.84. The Morgan fingerprint density at radius 1 is 1.36 bits per heavy atom. The van der Waals surface area contributed by atoms with Crippen LogP contribution in [0.2, 0.25) is 0 Å². The van der Waals surface area contributed by atoms with Gasteiger partial charge in [0.15, 0.2) is 0 Å². The van der Waals surface area contributed by atoms with Crippen molar-refractivity contribution >= 4 is 5.76 Å². The first-order chi connectivity index (χ1) is 5.34. The van der Waals surface area contributed by atoms with Crippen LogP contribution >= 0.6 is 0 Å². The van der Waals surface area contributed by atoms with E-state index in [0.29, 0.717) is 6.42 Å². The Balaban J connectivity index is 2.85. The molecule has 0 amide bonds. The normalized spacial score (nSPS) is 11.5. The molecule has 11 heavy (non-hydrogen) atoms. The number of allylic oxidation sites excluding steroid dienone is 1. The largest absolute Gasteiger partial charge is 0.872 e. The molecule has 1 rings (SSSR count). The molecule has 1 aromatic rings. The van der Waals surface area contributed by atoms with Crippen molar-refractivity contribution < 1.29 is 5.11 Å². The van der Waals surface area contributed by atoms with Gasteiger partial charge in [0.25, 0.3) is 0 Å². The summed E-state index contributed by atoms with van der Waals surface area (Å²) in [5.74, 6) is 0.0561. The average Bonchev–Trinajstić information content (AvgIpc) is 2.07. The summed E-state index contributed by atoms with van der Waals surface area (Å²) in [5.41, 5.74) is 0.733. The van der Waals surface area contributed by atoms with E-state index in [-0.39, 0.29) is 5.76 Å². The smallest absolute Gasteiger partial charge is 0.0339 e. The maximum atomic E-state index is 11.1. The van der Waals surface area contributed by atoms with Gasteiger partial charge in [0.1, 0.15) is 0 Å². The molecule has 0 aliphatic carbocycles. The topological polar surface area (TPSA) is 23.1 Å². The highest BCUT2D eigenvalue weighted by Crippen LogP contribution is 2.07. The molecule has 0 saturated carbocycles. The molecule has 1 nitrogen and oxygen atoms in total. The van der Waals surface area contributed by atoms with Crippen LogP contribution in [0.1, 0.15) is 12.0 Å². The lowest BCUT2D eigenvalue weighted by molar-refractivity contribution is -0.244. The van der Waals surface area contributed by atoms with Crippen molar-refractivity contribution in [2.45, 2.75) is 6.42 Å². The maximum absolute atomic E-state index is 11.1. The Morgan fingerprint density at radius 3 is 2.55 bits per heavy atom. The summed E-state index contributed by atoms with van der Waals surface area (Å²) in [7, 11) is 0. The number of hydrogen-bond acceptors (Lipinski definition) is 1. The Bertz CT molecular complexity index is 236. The standard InChI is InChI=1S/C10H11O/c1-2-6-10(11)9-7-4-3-5-8-9/h3-8,11H,1-2H2/p-1/b10-6-. The zero-order valence-electron chi connectivity index (χ0n) is 6.29. The van der Waals surface area contributed by atoms with E-state index >= 15 is 0 Å². The zero-order valence-corrected chi connectivity index (χ0v) is 6.29. The van der Waals surface area contributed by atoms with E-state index in [2.05, 4.69) is 6.92 Å². The summed E-state index contributed by atoms with van der Waals surface area (Å²) in [6, 6.07) is 9.19. The Kier molecular flexibility index (Phi) is 2.73. The fourth-order valence-corrected chi connectivity index (χ4v) is 0.851. The summed E-state index contributed by atoms with van der Waals surface area (Å²) in [6.45, 7) is 3.57. The zero-order chi connectivity index (χ0) is 8.10. The first-order valence-corrected chi connectivity index (χ1v) is 3.56. The molecule has 1 radical (unpaired) electrons. The van der Waals surface area contributed by atoms with Crippen molar-refractivity contribution in [3.63, 3.8) is 0 Å². The van der Waals surface area contributed by atoms with E-state index in [1.54, 1.807) is 18.2 Å². The van der Waals surface area contributed by atoms with Crippen LogP contribution in [-0.4, -0.2) is 0 Å². The minimum atomic E-state index is 0.0561. The van der Waals surface area contributed by atoms with Gasteiger partial charge in [-0.1, -0.05) is 36.4 Å². The summed E-state index contributed by atoms with van der Waals surface area (Å²) < 4.78 is 0. The van der Waals surface area contributed by atoms with Crippen molar-refractivity contribution in [1.29, 1.82) is 0 Å². The van der Waals surface area contributed by atoms with Gasteiger partial charge >= 0.3 is 0 Å². The van der Waals surface area contributed by atoms with Gasteiger partial charge in [0.2, 0.25) is 0 Å².